The average Bonchev–Trinajstić information content (AvgIpc) is 2.86. The molecule has 3 rings (SSSR count). The summed E-state index contributed by atoms with van der Waals surface area (Å²) in [6.45, 7) is 10.1. The van der Waals surface area contributed by atoms with Crippen molar-refractivity contribution >= 4 is 23.3 Å². The molecule has 0 fully saturated rings. The largest absolute Gasteiger partial charge is 0.497 e. The van der Waals surface area contributed by atoms with Gasteiger partial charge in [0.1, 0.15) is 11.3 Å². The van der Waals surface area contributed by atoms with Crippen LogP contribution in [-0.4, -0.2) is 23.3 Å². The number of rotatable bonds is 6. The van der Waals surface area contributed by atoms with Crippen LogP contribution >= 0.6 is 12.4 Å². The minimum Gasteiger partial charge on any atom is -0.497 e. The van der Waals surface area contributed by atoms with Crippen LogP contribution in [0.15, 0.2) is 36.5 Å². The lowest BCUT2D eigenvalue weighted by molar-refractivity contribution is 0.263. The van der Waals surface area contributed by atoms with Gasteiger partial charge in [-0.3, -0.25) is 0 Å². The zero-order valence-corrected chi connectivity index (χ0v) is 16.9. The number of ether oxygens (including phenoxy) is 2. The Bertz CT molecular complexity index is 870. The van der Waals surface area contributed by atoms with Crippen molar-refractivity contribution in [3.8, 4) is 11.6 Å². The van der Waals surface area contributed by atoms with E-state index in [9.17, 15) is 0 Å². The van der Waals surface area contributed by atoms with Crippen molar-refractivity contribution in [2.24, 2.45) is 5.92 Å². The van der Waals surface area contributed by atoms with E-state index < -0.39 is 0 Å². The molecular formula is C21H27ClN2O2. The maximum atomic E-state index is 6.01. The van der Waals surface area contributed by atoms with Crippen LogP contribution in [0.25, 0.3) is 10.9 Å². The second-order valence-electron chi connectivity index (χ2n) is 6.86. The topological polar surface area (TPSA) is 36.3 Å². The van der Waals surface area contributed by atoms with Gasteiger partial charge in [0.05, 0.1) is 13.7 Å². The number of hydrogen-bond donors (Lipinski definition) is 0. The molecule has 0 aliphatic heterocycles. The Morgan fingerprint density at radius 3 is 2.38 bits per heavy atom. The SMILES string of the molecule is COc1ccc(Cn2c(C)c(C)c3ccnc(OCC(C)C)c32)cc1.Cl. The van der Waals surface area contributed by atoms with Gasteiger partial charge in [-0.05, 0) is 49.1 Å². The number of benzene rings is 1. The quantitative estimate of drug-likeness (QED) is 0.597. The van der Waals surface area contributed by atoms with Crippen LogP contribution in [0.2, 0.25) is 0 Å². The zero-order chi connectivity index (χ0) is 18.0. The van der Waals surface area contributed by atoms with Crippen molar-refractivity contribution in [1.82, 2.24) is 9.55 Å². The van der Waals surface area contributed by atoms with E-state index in [0.29, 0.717) is 12.5 Å². The number of fused-ring (bicyclic) bond motifs is 1. The second-order valence-corrected chi connectivity index (χ2v) is 6.86. The molecule has 0 aliphatic rings. The van der Waals surface area contributed by atoms with Crippen molar-refractivity contribution in [3.63, 3.8) is 0 Å². The van der Waals surface area contributed by atoms with Gasteiger partial charge < -0.3 is 14.0 Å². The number of nitrogens with zero attached hydrogens (tertiary/aromatic N) is 2. The maximum Gasteiger partial charge on any atom is 0.238 e. The minimum atomic E-state index is 0. The number of pyridine rings is 1. The van der Waals surface area contributed by atoms with Crippen LogP contribution in [0.5, 0.6) is 11.6 Å². The fraction of sp³-hybridized carbons (Fsp3) is 0.381. The molecule has 0 saturated carbocycles. The molecule has 4 nitrogen and oxygen atoms in total. The number of halogens is 1. The van der Waals surface area contributed by atoms with Gasteiger partial charge in [0, 0.05) is 23.8 Å². The highest BCUT2D eigenvalue weighted by atomic mass is 35.5. The number of hydrogen-bond acceptors (Lipinski definition) is 3. The summed E-state index contributed by atoms with van der Waals surface area (Å²) < 4.78 is 13.6. The maximum absolute atomic E-state index is 6.01. The number of methoxy groups -OCH3 is 1. The van der Waals surface area contributed by atoms with Crippen LogP contribution in [-0.2, 0) is 6.54 Å². The first-order chi connectivity index (χ1) is 12.0. The third-order valence-corrected chi connectivity index (χ3v) is 4.57. The van der Waals surface area contributed by atoms with Gasteiger partial charge >= 0.3 is 0 Å². The van der Waals surface area contributed by atoms with Gasteiger partial charge in [-0.15, -0.1) is 12.4 Å². The minimum absolute atomic E-state index is 0. The van der Waals surface area contributed by atoms with Gasteiger partial charge in [-0.1, -0.05) is 26.0 Å². The summed E-state index contributed by atoms with van der Waals surface area (Å²) in [6, 6.07) is 10.3. The molecule has 0 aliphatic carbocycles. The summed E-state index contributed by atoms with van der Waals surface area (Å²) in [5.41, 5.74) is 4.82. The van der Waals surface area contributed by atoms with E-state index in [1.54, 1.807) is 7.11 Å². The Kier molecular flexibility index (Phi) is 6.54. The molecule has 26 heavy (non-hydrogen) atoms. The van der Waals surface area contributed by atoms with E-state index in [1.807, 2.05) is 18.3 Å². The summed E-state index contributed by atoms with van der Waals surface area (Å²) in [6.07, 6.45) is 1.84. The smallest absolute Gasteiger partial charge is 0.238 e. The molecule has 0 saturated heterocycles. The molecule has 2 heterocycles. The zero-order valence-electron chi connectivity index (χ0n) is 16.1. The summed E-state index contributed by atoms with van der Waals surface area (Å²) in [4.78, 5) is 4.50. The molecule has 0 N–H and O–H groups in total. The average molecular weight is 375 g/mol. The fourth-order valence-electron chi connectivity index (χ4n) is 3.03. The third kappa shape index (κ3) is 3.96. The molecule has 0 radical (unpaired) electrons. The molecule has 0 bridgehead atoms. The lowest BCUT2D eigenvalue weighted by Crippen LogP contribution is -2.08. The van der Waals surface area contributed by atoms with E-state index in [-0.39, 0.29) is 12.4 Å². The Labute approximate surface area is 161 Å². The van der Waals surface area contributed by atoms with E-state index in [4.69, 9.17) is 9.47 Å². The molecule has 0 amide bonds. The second kappa shape index (κ2) is 8.45. The standard InChI is InChI=1S/C21H26N2O2.ClH/c1-14(2)13-25-21-20-19(10-11-22-21)15(3)16(4)23(20)12-17-6-8-18(24-5)9-7-17;/h6-11,14H,12-13H2,1-5H3;1H. The summed E-state index contributed by atoms with van der Waals surface area (Å²) in [7, 11) is 1.69. The lowest BCUT2D eigenvalue weighted by atomic mass is 10.2. The highest BCUT2D eigenvalue weighted by Gasteiger charge is 2.16. The lowest BCUT2D eigenvalue weighted by Gasteiger charge is -2.13. The van der Waals surface area contributed by atoms with Crippen molar-refractivity contribution < 1.29 is 9.47 Å². The van der Waals surface area contributed by atoms with Crippen LogP contribution < -0.4 is 9.47 Å². The first-order valence-electron chi connectivity index (χ1n) is 8.71. The van der Waals surface area contributed by atoms with Crippen LogP contribution in [0, 0.1) is 19.8 Å². The first-order valence-corrected chi connectivity index (χ1v) is 8.71. The summed E-state index contributed by atoms with van der Waals surface area (Å²) >= 11 is 0. The molecule has 0 spiro atoms. The van der Waals surface area contributed by atoms with Crippen LogP contribution in [0.3, 0.4) is 0 Å². The predicted octanol–water partition coefficient (Wildman–Crippen LogP) is 5.17. The highest BCUT2D eigenvalue weighted by Crippen LogP contribution is 2.31. The monoisotopic (exact) mass is 374 g/mol. The van der Waals surface area contributed by atoms with Gasteiger partial charge in [-0.25, -0.2) is 4.98 Å². The molecule has 3 aromatic rings. The molecule has 2 aromatic heterocycles. The third-order valence-electron chi connectivity index (χ3n) is 4.57. The van der Waals surface area contributed by atoms with Crippen LogP contribution in [0.4, 0.5) is 0 Å². The highest BCUT2D eigenvalue weighted by molar-refractivity contribution is 5.89. The molecular weight excluding hydrogens is 348 g/mol. The molecule has 0 unspecified atom stereocenters. The molecule has 0 atom stereocenters. The Morgan fingerprint density at radius 1 is 1.08 bits per heavy atom. The first kappa shape index (κ1) is 20.1. The predicted molar refractivity (Wildman–Crippen MR) is 109 cm³/mol. The van der Waals surface area contributed by atoms with Gasteiger partial charge in [-0.2, -0.15) is 0 Å². The normalized spacial score (nSPS) is 10.8. The number of aromatic nitrogens is 2. The fourth-order valence-corrected chi connectivity index (χ4v) is 3.03. The van der Waals surface area contributed by atoms with Gasteiger partial charge in [0.15, 0.2) is 0 Å². The van der Waals surface area contributed by atoms with Crippen molar-refractivity contribution in [2.45, 2.75) is 34.2 Å². The van der Waals surface area contributed by atoms with Crippen LogP contribution in [0.1, 0.15) is 30.7 Å². The molecule has 5 heteroatoms. The Morgan fingerprint density at radius 2 is 1.77 bits per heavy atom. The number of aryl methyl sites for hydroxylation is 1. The van der Waals surface area contributed by atoms with Gasteiger partial charge in [0.25, 0.3) is 0 Å². The van der Waals surface area contributed by atoms with Gasteiger partial charge in [0.2, 0.25) is 5.88 Å². The Hall–Kier alpha value is -2.20. The van der Waals surface area contributed by atoms with E-state index in [1.165, 1.54) is 22.2 Å². The van der Waals surface area contributed by atoms with E-state index >= 15 is 0 Å². The molecule has 1 aromatic carbocycles. The van der Waals surface area contributed by atoms with E-state index in [0.717, 1.165) is 23.7 Å². The van der Waals surface area contributed by atoms with E-state index in [2.05, 4.69) is 55.4 Å². The van der Waals surface area contributed by atoms with Crippen molar-refractivity contribution in [3.05, 3.63) is 53.3 Å². The molecule has 140 valence electrons. The Balaban J connectivity index is 0.00000243. The van der Waals surface area contributed by atoms with Crippen molar-refractivity contribution in [2.75, 3.05) is 13.7 Å². The van der Waals surface area contributed by atoms with Crippen molar-refractivity contribution in [1.29, 1.82) is 0 Å². The summed E-state index contributed by atoms with van der Waals surface area (Å²) in [5, 5.41) is 1.21. The summed E-state index contributed by atoms with van der Waals surface area (Å²) in [5.74, 6) is 2.05.